The fourth-order valence-electron chi connectivity index (χ4n) is 3.05. The third-order valence-electron chi connectivity index (χ3n) is 4.67. The molecule has 2 aromatic rings. The molecule has 5 nitrogen and oxygen atoms in total. The molecule has 128 valence electrons. The summed E-state index contributed by atoms with van der Waals surface area (Å²) in [5.41, 5.74) is 1.94. The van der Waals surface area contributed by atoms with Crippen molar-refractivity contribution in [2.75, 3.05) is 5.32 Å². The summed E-state index contributed by atoms with van der Waals surface area (Å²) in [4.78, 5) is 12.3. The van der Waals surface area contributed by atoms with Crippen molar-refractivity contribution < 1.29 is 4.79 Å². The van der Waals surface area contributed by atoms with Crippen LogP contribution in [0.2, 0.25) is 0 Å². The smallest absolute Gasteiger partial charge is 0.257 e. The molecule has 2 saturated carbocycles. The first-order valence-electron chi connectivity index (χ1n) is 8.16. The van der Waals surface area contributed by atoms with Crippen LogP contribution in [0.5, 0.6) is 0 Å². The summed E-state index contributed by atoms with van der Waals surface area (Å²) in [6.45, 7) is 1.87. The van der Waals surface area contributed by atoms with Crippen molar-refractivity contribution in [1.82, 2.24) is 15.5 Å². The van der Waals surface area contributed by atoms with E-state index >= 15 is 0 Å². The van der Waals surface area contributed by atoms with E-state index in [0.29, 0.717) is 22.7 Å². The lowest BCUT2D eigenvalue weighted by Gasteiger charge is -2.26. The van der Waals surface area contributed by atoms with Gasteiger partial charge in [-0.2, -0.15) is 0 Å². The van der Waals surface area contributed by atoms with E-state index in [-0.39, 0.29) is 18.3 Å². The Hall–Kier alpha value is -1.50. The Morgan fingerprint density at radius 3 is 2.79 bits per heavy atom. The molecule has 0 bridgehead atoms. The van der Waals surface area contributed by atoms with Crippen LogP contribution in [-0.2, 0) is 0 Å². The number of anilines is 1. The second kappa shape index (κ2) is 7.17. The van der Waals surface area contributed by atoms with E-state index in [4.69, 9.17) is 0 Å². The lowest BCUT2D eigenvalue weighted by molar-refractivity contribution is 0.102. The lowest BCUT2D eigenvalue weighted by Crippen LogP contribution is -2.37. The van der Waals surface area contributed by atoms with Gasteiger partial charge in [-0.05, 0) is 43.9 Å². The molecular weight excluding hydrogens is 344 g/mol. The van der Waals surface area contributed by atoms with Gasteiger partial charge in [0.05, 0.1) is 0 Å². The second-order valence-corrected chi connectivity index (χ2v) is 7.63. The zero-order valence-electron chi connectivity index (χ0n) is 13.5. The van der Waals surface area contributed by atoms with Crippen LogP contribution < -0.4 is 10.6 Å². The number of nitrogens with one attached hydrogen (secondary N) is 2. The van der Waals surface area contributed by atoms with Gasteiger partial charge in [0.25, 0.3) is 5.91 Å². The maximum atomic E-state index is 12.3. The summed E-state index contributed by atoms with van der Waals surface area (Å²) in [6, 6.07) is 9.26. The predicted octanol–water partition coefficient (Wildman–Crippen LogP) is 3.52. The van der Waals surface area contributed by atoms with Crippen LogP contribution in [0.1, 0.15) is 52.5 Å². The zero-order chi connectivity index (χ0) is 15.8. The highest BCUT2D eigenvalue weighted by atomic mass is 35.5. The molecule has 2 fully saturated rings. The molecule has 7 heteroatoms. The maximum Gasteiger partial charge on any atom is 0.257 e. The van der Waals surface area contributed by atoms with Crippen LogP contribution in [0.3, 0.4) is 0 Å². The van der Waals surface area contributed by atoms with Gasteiger partial charge in [-0.25, -0.2) is 0 Å². The Bertz CT molecular complexity index is 731. The Morgan fingerprint density at radius 1 is 1.29 bits per heavy atom. The third-order valence-corrected chi connectivity index (χ3v) is 5.42. The molecule has 0 radical (unpaired) electrons. The van der Waals surface area contributed by atoms with E-state index in [1.165, 1.54) is 42.6 Å². The monoisotopic (exact) mass is 364 g/mol. The number of halogens is 1. The number of hydrogen-bond acceptors (Lipinski definition) is 5. The van der Waals surface area contributed by atoms with Crippen molar-refractivity contribution in [1.29, 1.82) is 0 Å². The van der Waals surface area contributed by atoms with Crippen molar-refractivity contribution in [3.05, 3.63) is 40.4 Å². The van der Waals surface area contributed by atoms with Crippen molar-refractivity contribution in [3.8, 4) is 0 Å². The van der Waals surface area contributed by atoms with Crippen LogP contribution >= 0.6 is 23.7 Å². The highest BCUT2D eigenvalue weighted by Crippen LogP contribution is 2.42. The average molecular weight is 365 g/mol. The van der Waals surface area contributed by atoms with E-state index in [1.54, 1.807) is 0 Å². The van der Waals surface area contributed by atoms with Crippen molar-refractivity contribution in [2.24, 2.45) is 0 Å². The quantitative estimate of drug-likeness (QED) is 0.851. The van der Waals surface area contributed by atoms with Gasteiger partial charge in [0.2, 0.25) is 5.13 Å². The van der Waals surface area contributed by atoms with Crippen LogP contribution in [0.15, 0.2) is 24.3 Å². The zero-order valence-corrected chi connectivity index (χ0v) is 15.1. The molecule has 24 heavy (non-hydrogen) atoms. The molecule has 0 saturated heterocycles. The standard InChI is InChI=1S/C17H20N4OS.ClH/c1-10-20-21-17(23-10)19-16(22)12-5-2-4-11(8-12)14-9-15(14)18-13-6-3-7-13;/h2,4-5,8,13-15,18H,3,6-7,9H2,1H3,(H,19,21,22);1H. The Balaban J connectivity index is 0.00000169. The number of carbonyl (C=O) groups excluding carboxylic acids is 1. The van der Waals surface area contributed by atoms with E-state index in [0.717, 1.165) is 11.0 Å². The number of aromatic nitrogens is 2. The third kappa shape index (κ3) is 3.77. The summed E-state index contributed by atoms with van der Waals surface area (Å²) in [5.74, 6) is 0.430. The minimum Gasteiger partial charge on any atom is -0.311 e. The molecular formula is C17H21ClN4OS. The van der Waals surface area contributed by atoms with Gasteiger partial charge in [-0.1, -0.05) is 29.9 Å². The van der Waals surface area contributed by atoms with Crippen LogP contribution in [0, 0.1) is 6.92 Å². The van der Waals surface area contributed by atoms with Gasteiger partial charge in [0.1, 0.15) is 5.01 Å². The molecule has 4 rings (SSSR count). The van der Waals surface area contributed by atoms with Crippen LogP contribution in [-0.4, -0.2) is 28.2 Å². The Labute approximate surface area is 151 Å². The number of rotatable bonds is 5. The number of carbonyl (C=O) groups is 1. The van der Waals surface area contributed by atoms with E-state index in [9.17, 15) is 4.79 Å². The molecule has 2 aliphatic carbocycles. The van der Waals surface area contributed by atoms with Crippen molar-refractivity contribution in [3.63, 3.8) is 0 Å². The molecule has 1 aromatic carbocycles. The summed E-state index contributed by atoms with van der Waals surface area (Å²) >= 11 is 1.39. The number of benzene rings is 1. The van der Waals surface area contributed by atoms with Gasteiger partial charge < -0.3 is 5.32 Å². The van der Waals surface area contributed by atoms with Gasteiger partial charge in [-0.15, -0.1) is 22.6 Å². The normalized spacial score (nSPS) is 22.4. The molecule has 2 unspecified atom stereocenters. The largest absolute Gasteiger partial charge is 0.311 e. The van der Waals surface area contributed by atoms with Gasteiger partial charge in [-0.3, -0.25) is 10.1 Å². The molecule has 1 amide bonds. The number of hydrogen-bond donors (Lipinski definition) is 2. The van der Waals surface area contributed by atoms with Crippen LogP contribution in [0.4, 0.5) is 5.13 Å². The van der Waals surface area contributed by atoms with Gasteiger partial charge in [0.15, 0.2) is 0 Å². The maximum absolute atomic E-state index is 12.3. The SMILES string of the molecule is Cc1nnc(NC(=O)c2cccc(C3CC3NC3CCC3)c2)s1.Cl. The van der Waals surface area contributed by atoms with E-state index < -0.39 is 0 Å². The first-order valence-corrected chi connectivity index (χ1v) is 8.98. The summed E-state index contributed by atoms with van der Waals surface area (Å²) in [7, 11) is 0. The average Bonchev–Trinajstić information content (AvgIpc) is 3.17. The highest BCUT2D eigenvalue weighted by molar-refractivity contribution is 7.15. The minimum absolute atomic E-state index is 0. The molecule has 1 aromatic heterocycles. The van der Waals surface area contributed by atoms with Crippen molar-refractivity contribution in [2.45, 2.75) is 50.6 Å². The number of nitrogens with zero attached hydrogens (tertiary/aromatic N) is 2. The van der Waals surface area contributed by atoms with E-state index in [2.05, 4.69) is 26.9 Å². The fraction of sp³-hybridized carbons (Fsp3) is 0.471. The highest BCUT2D eigenvalue weighted by Gasteiger charge is 2.40. The second-order valence-electron chi connectivity index (χ2n) is 6.45. The fourth-order valence-corrected chi connectivity index (χ4v) is 3.64. The Kier molecular flexibility index (Phi) is 5.18. The van der Waals surface area contributed by atoms with Gasteiger partial charge in [0, 0.05) is 23.6 Å². The number of amides is 1. The van der Waals surface area contributed by atoms with Gasteiger partial charge >= 0.3 is 0 Å². The summed E-state index contributed by atoms with van der Waals surface area (Å²) in [5, 5.41) is 15.8. The number of aryl methyl sites for hydroxylation is 1. The molecule has 0 aliphatic heterocycles. The summed E-state index contributed by atoms with van der Waals surface area (Å²) in [6.07, 6.45) is 5.16. The lowest BCUT2D eigenvalue weighted by atomic mass is 9.93. The van der Waals surface area contributed by atoms with Crippen LogP contribution in [0.25, 0.3) is 0 Å². The predicted molar refractivity (Wildman–Crippen MR) is 98.2 cm³/mol. The molecule has 2 atom stereocenters. The van der Waals surface area contributed by atoms with E-state index in [1.807, 2.05) is 25.1 Å². The molecule has 2 aliphatic rings. The summed E-state index contributed by atoms with van der Waals surface area (Å²) < 4.78 is 0. The Morgan fingerprint density at radius 2 is 2.12 bits per heavy atom. The van der Waals surface area contributed by atoms with Crippen molar-refractivity contribution >= 4 is 34.8 Å². The first kappa shape index (κ1) is 17.3. The first-order chi connectivity index (χ1) is 11.2. The molecule has 1 heterocycles. The topological polar surface area (TPSA) is 66.9 Å². The molecule has 0 spiro atoms. The minimum atomic E-state index is -0.118. The molecule has 2 N–H and O–H groups in total.